The number of hydrogen-bond acceptors (Lipinski definition) is 3. The number of rotatable bonds is 4. The molecule has 1 heterocycles. The molecule has 0 radical (unpaired) electrons. The lowest BCUT2D eigenvalue weighted by molar-refractivity contribution is -0.137. The maximum atomic E-state index is 12.5. The fourth-order valence-electron chi connectivity index (χ4n) is 1.86. The molecular weight excluding hydrogens is 313 g/mol. The topological polar surface area (TPSA) is 42.0 Å². The van der Waals surface area contributed by atoms with Gasteiger partial charge < -0.3 is 5.32 Å². The van der Waals surface area contributed by atoms with Crippen molar-refractivity contribution in [1.82, 2.24) is 10.3 Å². The number of aromatic nitrogens is 1. The van der Waals surface area contributed by atoms with E-state index < -0.39 is 11.7 Å². The van der Waals surface area contributed by atoms with E-state index in [2.05, 4.69) is 10.3 Å². The SMILES string of the molecule is CC(C)NC(=O)Cc1csc(-c2ccc(C(F)(F)F)cc2)n1. The molecule has 1 amide bonds. The number of benzene rings is 1. The summed E-state index contributed by atoms with van der Waals surface area (Å²) in [7, 11) is 0. The number of halogens is 3. The molecule has 0 saturated carbocycles. The Hall–Kier alpha value is -1.89. The number of alkyl halides is 3. The molecule has 0 aliphatic carbocycles. The number of nitrogens with zero attached hydrogens (tertiary/aromatic N) is 1. The number of hydrogen-bond donors (Lipinski definition) is 1. The molecule has 0 unspecified atom stereocenters. The van der Waals surface area contributed by atoms with Crippen LogP contribution in [0, 0.1) is 0 Å². The molecule has 22 heavy (non-hydrogen) atoms. The Morgan fingerprint density at radius 3 is 2.45 bits per heavy atom. The van der Waals surface area contributed by atoms with Crippen LogP contribution in [-0.4, -0.2) is 16.9 Å². The molecule has 1 N–H and O–H groups in total. The van der Waals surface area contributed by atoms with Gasteiger partial charge in [0.25, 0.3) is 0 Å². The molecule has 3 nitrogen and oxygen atoms in total. The molecule has 0 atom stereocenters. The lowest BCUT2D eigenvalue weighted by Gasteiger charge is -2.07. The number of amides is 1. The molecule has 2 rings (SSSR count). The van der Waals surface area contributed by atoms with Crippen molar-refractivity contribution in [2.45, 2.75) is 32.5 Å². The van der Waals surface area contributed by atoms with Gasteiger partial charge in [-0.3, -0.25) is 4.79 Å². The van der Waals surface area contributed by atoms with Crippen LogP contribution >= 0.6 is 11.3 Å². The minimum absolute atomic E-state index is 0.0560. The zero-order valence-corrected chi connectivity index (χ0v) is 12.9. The van der Waals surface area contributed by atoms with Crippen molar-refractivity contribution < 1.29 is 18.0 Å². The molecule has 0 aliphatic heterocycles. The van der Waals surface area contributed by atoms with E-state index in [4.69, 9.17) is 0 Å². The van der Waals surface area contributed by atoms with E-state index >= 15 is 0 Å². The van der Waals surface area contributed by atoms with Gasteiger partial charge in [-0.2, -0.15) is 13.2 Å². The van der Waals surface area contributed by atoms with Crippen molar-refractivity contribution in [3.63, 3.8) is 0 Å². The number of thiazole rings is 1. The minimum Gasteiger partial charge on any atom is -0.354 e. The number of carbonyl (C=O) groups is 1. The van der Waals surface area contributed by atoms with Gasteiger partial charge in [0.2, 0.25) is 5.91 Å². The maximum absolute atomic E-state index is 12.5. The van der Waals surface area contributed by atoms with Crippen LogP contribution in [0.25, 0.3) is 10.6 Å². The summed E-state index contributed by atoms with van der Waals surface area (Å²) < 4.78 is 37.5. The Morgan fingerprint density at radius 2 is 1.91 bits per heavy atom. The average Bonchev–Trinajstić information content (AvgIpc) is 2.85. The van der Waals surface area contributed by atoms with Crippen molar-refractivity contribution in [2.75, 3.05) is 0 Å². The minimum atomic E-state index is -4.35. The predicted molar refractivity (Wildman–Crippen MR) is 79.5 cm³/mol. The Morgan fingerprint density at radius 1 is 1.27 bits per heavy atom. The zero-order chi connectivity index (χ0) is 16.3. The van der Waals surface area contributed by atoms with Crippen LogP contribution in [0.3, 0.4) is 0 Å². The quantitative estimate of drug-likeness (QED) is 0.925. The molecule has 118 valence electrons. The largest absolute Gasteiger partial charge is 0.416 e. The van der Waals surface area contributed by atoms with E-state index in [0.717, 1.165) is 12.1 Å². The third-order valence-electron chi connectivity index (χ3n) is 2.80. The molecule has 0 bridgehead atoms. The van der Waals surface area contributed by atoms with Gasteiger partial charge in [0.15, 0.2) is 0 Å². The summed E-state index contributed by atoms with van der Waals surface area (Å²) in [5.41, 5.74) is 0.524. The first-order chi connectivity index (χ1) is 10.3. The average molecular weight is 328 g/mol. The van der Waals surface area contributed by atoms with Crippen LogP contribution in [-0.2, 0) is 17.4 Å². The third-order valence-corrected chi connectivity index (χ3v) is 3.74. The Labute approximate surface area is 130 Å². The fraction of sp³-hybridized carbons (Fsp3) is 0.333. The molecule has 0 spiro atoms. The third kappa shape index (κ3) is 4.30. The molecular formula is C15H15F3N2OS. The van der Waals surface area contributed by atoms with Crippen LogP contribution in [0.5, 0.6) is 0 Å². The lowest BCUT2D eigenvalue weighted by atomic mass is 10.1. The summed E-state index contributed by atoms with van der Waals surface area (Å²) in [4.78, 5) is 15.9. The standard InChI is InChI=1S/C15H15F3N2OS/c1-9(2)19-13(21)7-12-8-22-14(20-12)10-3-5-11(6-4-10)15(16,17)18/h3-6,8-9H,7H2,1-2H3,(H,19,21). The summed E-state index contributed by atoms with van der Waals surface area (Å²) >= 11 is 1.30. The number of carbonyl (C=O) groups excluding carboxylic acids is 1. The van der Waals surface area contributed by atoms with Gasteiger partial charge in [0.1, 0.15) is 5.01 Å². The van der Waals surface area contributed by atoms with Crippen molar-refractivity contribution >= 4 is 17.2 Å². The second kappa shape index (κ2) is 6.48. The van der Waals surface area contributed by atoms with Gasteiger partial charge in [-0.1, -0.05) is 12.1 Å². The molecule has 2 aromatic rings. The summed E-state index contributed by atoms with van der Waals surface area (Å²) in [6, 6.07) is 4.89. The van der Waals surface area contributed by atoms with Crippen molar-refractivity contribution in [3.05, 3.63) is 40.9 Å². The first-order valence-electron chi connectivity index (χ1n) is 6.67. The van der Waals surface area contributed by atoms with Crippen LogP contribution in [0.15, 0.2) is 29.6 Å². The Balaban J connectivity index is 2.09. The molecule has 1 aromatic carbocycles. The van der Waals surface area contributed by atoms with Gasteiger partial charge in [-0.05, 0) is 26.0 Å². The van der Waals surface area contributed by atoms with E-state index in [1.54, 1.807) is 5.38 Å². The van der Waals surface area contributed by atoms with E-state index in [1.165, 1.54) is 23.5 Å². The Kier molecular flexibility index (Phi) is 4.85. The van der Waals surface area contributed by atoms with E-state index in [0.29, 0.717) is 16.3 Å². The van der Waals surface area contributed by atoms with Crippen LogP contribution in [0.1, 0.15) is 25.1 Å². The molecule has 0 aliphatic rings. The molecule has 0 saturated heterocycles. The highest BCUT2D eigenvalue weighted by atomic mass is 32.1. The highest BCUT2D eigenvalue weighted by Gasteiger charge is 2.30. The second-order valence-corrected chi connectivity index (χ2v) is 5.98. The van der Waals surface area contributed by atoms with Gasteiger partial charge in [-0.25, -0.2) is 4.98 Å². The molecule has 0 fully saturated rings. The zero-order valence-electron chi connectivity index (χ0n) is 12.1. The van der Waals surface area contributed by atoms with Crippen LogP contribution in [0.2, 0.25) is 0 Å². The highest BCUT2D eigenvalue weighted by molar-refractivity contribution is 7.13. The summed E-state index contributed by atoms with van der Waals surface area (Å²) in [6.07, 6.45) is -4.18. The first kappa shape index (κ1) is 16.5. The van der Waals surface area contributed by atoms with Crippen molar-refractivity contribution in [1.29, 1.82) is 0 Å². The van der Waals surface area contributed by atoms with Gasteiger partial charge in [0.05, 0.1) is 17.7 Å². The van der Waals surface area contributed by atoms with E-state index in [9.17, 15) is 18.0 Å². The summed E-state index contributed by atoms with van der Waals surface area (Å²) in [5, 5.41) is 5.11. The van der Waals surface area contributed by atoms with E-state index in [1.807, 2.05) is 13.8 Å². The highest BCUT2D eigenvalue weighted by Crippen LogP contribution is 2.31. The fourth-order valence-corrected chi connectivity index (χ4v) is 2.69. The predicted octanol–water partition coefficient (Wildman–Crippen LogP) is 3.90. The smallest absolute Gasteiger partial charge is 0.354 e. The second-order valence-electron chi connectivity index (χ2n) is 5.12. The molecule has 1 aromatic heterocycles. The van der Waals surface area contributed by atoms with Gasteiger partial charge in [0, 0.05) is 17.0 Å². The first-order valence-corrected chi connectivity index (χ1v) is 7.55. The normalized spacial score (nSPS) is 11.7. The van der Waals surface area contributed by atoms with Gasteiger partial charge >= 0.3 is 6.18 Å². The number of nitrogens with one attached hydrogen (secondary N) is 1. The van der Waals surface area contributed by atoms with Crippen LogP contribution < -0.4 is 5.32 Å². The van der Waals surface area contributed by atoms with Crippen molar-refractivity contribution in [3.8, 4) is 10.6 Å². The van der Waals surface area contributed by atoms with E-state index in [-0.39, 0.29) is 18.4 Å². The van der Waals surface area contributed by atoms with Crippen molar-refractivity contribution in [2.24, 2.45) is 0 Å². The monoisotopic (exact) mass is 328 g/mol. The lowest BCUT2D eigenvalue weighted by Crippen LogP contribution is -2.31. The Bertz CT molecular complexity index is 648. The van der Waals surface area contributed by atoms with Crippen LogP contribution in [0.4, 0.5) is 13.2 Å². The summed E-state index contributed by atoms with van der Waals surface area (Å²) in [5.74, 6) is -0.126. The molecule has 7 heteroatoms. The summed E-state index contributed by atoms with van der Waals surface area (Å²) in [6.45, 7) is 3.74. The maximum Gasteiger partial charge on any atom is 0.416 e. The van der Waals surface area contributed by atoms with Gasteiger partial charge in [-0.15, -0.1) is 11.3 Å².